The van der Waals surface area contributed by atoms with Gasteiger partial charge in [0.2, 0.25) is 0 Å². The summed E-state index contributed by atoms with van der Waals surface area (Å²) in [7, 11) is 0. The Bertz CT molecular complexity index is 1100. The van der Waals surface area contributed by atoms with E-state index in [9.17, 15) is 19.8 Å². The number of aromatic hydroxyl groups is 2. The number of phenols is 2. The lowest BCUT2D eigenvalue weighted by molar-refractivity contribution is 0.0925. The van der Waals surface area contributed by atoms with E-state index >= 15 is 0 Å². The molecule has 1 atom stereocenters. The van der Waals surface area contributed by atoms with Crippen molar-refractivity contribution in [2.45, 2.75) is 80.1 Å². The maximum atomic E-state index is 13.2. The summed E-state index contributed by atoms with van der Waals surface area (Å²) in [5.74, 6) is -1.08. The summed E-state index contributed by atoms with van der Waals surface area (Å²) in [5, 5.41) is 22.5. The van der Waals surface area contributed by atoms with E-state index in [2.05, 4.69) is 19.9 Å². The Morgan fingerprint density at radius 2 is 1.81 bits per heavy atom. The summed E-state index contributed by atoms with van der Waals surface area (Å²) < 4.78 is 5.40. The van der Waals surface area contributed by atoms with Crippen molar-refractivity contribution in [2.24, 2.45) is 5.92 Å². The molecule has 0 saturated carbocycles. The van der Waals surface area contributed by atoms with Crippen molar-refractivity contribution in [3.8, 4) is 11.5 Å². The molecule has 0 spiro atoms. The Hall–Kier alpha value is -2.82. The van der Waals surface area contributed by atoms with Crippen molar-refractivity contribution in [1.82, 2.24) is 0 Å². The lowest BCUT2D eigenvalue weighted by Gasteiger charge is -2.17. The Morgan fingerprint density at radius 3 is 2.41 bits per heavy atom. The first-order chi connectivity index (χ1) is 15.1. The summed E-state index contributed by atoms with van der Waals surface area (Å²) in [6.07, 6.45) is 8.09. The third-order valence-corrected chi connectivity index (χ3v) is 5.89. The SMILES string of the molecule is CCCc1cc(=O)oc2c(C(=O)[C@H](C)CC)c(O)c(CC=C(C)CCC=C(C)C)c(O)c12. The van der Waals surface area contributed by atoms with Gasteiger partial charge >= 0.3 is 5.63 Å². The Kier molecular flexibility index (Phi) is 8.88. The molecule has 2 rings (SSSR count). The van der Waals surface area contributed by atoms with Crippen molar-refractivity contribution in [1.29, 1.82) is 0 Å². The summed E-state index contributed by atoms with van der Waals surface area (Å²) in [4.78, 5) is 25.4. The van der Waals surface area contributed by atoms with Crippen LogP contribution in [0.15, 0.2) is 38.6 Å². The number of aryl methyl sites for hydroxylation is 1. The largest absolute Gasteiger partial charge is 0.507 e. The average molecular weight is 441 g/mol. The number of ketones is 1. The predicted octanol–water partition coefficient (Wildman–Crippen LogP) is 6.62. The van der Waals surface area contributed by atoms with E-state index in [1.165, 1.54) is 11.6 Å². The number of carbonyl (C=O) groups excluding carboxylic acids is 1. The van der Waals surface area contributed by atoms with Crippen LogP contribution in [0.2, 0.25) is 0 Å². The molecular weight excluding hydrogens is 404 g/mol. The molecule has 0 aliphatic carbocycles. The molecule has 0 unspecified atom stereocenters. The number of phenolic OH excluding ortho intramolecular Hbond substituents is 2. The normalized spacial score (nSPS) is 12.8. The first-order valence-electron chi connectivity index (χ1n) is 11.5. The molecule has 1 aromatic carbocycles. The monoisotopic (exact) mass is 440 g/mol. The predicted molar refractivity (Wildman–Crippen MR) is 130 cm³/mol. The van der Waals surface area contributed by atoms with E-state index in [1.54, 1.807) is 6.92 Å². The maximum Gasteiger partial charge on any atom is 0.336 e. The number of rotatable bonds is 10. The van der Waals surface area contributed by atoms with Gasteiger partial charge in [0.25, 0.3) is 0 Å². The van der Waals surface area contributed by atoms with Crippen LogP contribution < -0.4 is 5.63 Å². The number of benzene rings is 1. The van der Waals surface area contributed by atoms with Crippen molar-refractivity contribution < 1.29 is 19.4 Å². The molecule has 174 valence electrons. The van der Waals surface area contributed by atoms with Crippen LogP contribution in [0.5, 0.6) is 11.5 Å². The first kappa shape index (κ1) is 25.4. The molecule has 0 amide bonds. The summed E-state index contributed by atoms with van der Waals surface area (Å²) >= 11 is 0. The van der Waals surface area contributed by atoms with Crippen LogP contribution in [-0.4, -0.2) is 16.0 Å². The molecular formula is C27H36O5. The summed E-state index contributed by atoms with van der Waals surface area (Å²) in [6, 6.07) is 1.37. The highest BCUT2D eigenvalue weighted by molar-refractivity contribution is 6.12. The van der Waals surface area contributed by atoms with Crippen molar-refractivity contribution in [2.75, 3.05) is 0 Å². The van der Waals surface area contributed by atoms with Crippen LogP contribution >= 0.6 is 0 Å². The fourth-order valence-corrected chi connectivity index (χ4v) is 3.79. The molecule has 1 heterocycles. The highest BCUT2D eigenvalue weighted by Crippen LogP contribution is 2.42. The number of allylic oxidation sites excluding steroid dienone is 4. The fourth-order valence-electron chi connectivity index (χ4n) is 3.79. The van der Waals surface area contributed by atoms with Gasteiger partial charge in [0.15, 0.2) is 11.4 Å². The zero-order valence-corrected chi connectivity index (χ0v) is 20.2. The Balaban J connectivity index is 2.71. The van der Waals surface area contributed by atoms with Crippen LogP contribution in [0.25, 0.3) is 11.0 Å². The van der Waals surface area contributed by atoms with Crippen LogP contribution in [0, 0.1) is 5.92 Å². The highest BCUT2D eigenvalue weighted by Gasteiger charge is 2.28. The van der Waals surface area contributed by atoms with Gasteiger partial charge in [0.05, 0.1) is 5.39 Å². The molecule has 0 bridgehead atoms. The second-order valence-corrected chi connectivity index (χ2v) is 8.84. The van der Waals surface area contributed by atoms with E-state index in [4.69, 9.17) is 4.42 Å². The summed E-state index contributed by atoms with van der Waals surface area (Å²) in [5.41, 5.74) is 2.69. The molecule has 32 heavy (non-hydrogen) atoms. The summed E-state index contributed by atoms with van der Waals surface area (Å²) in [6.45, 7) is 11.8. The number of carbonyl (C=O) groups is 1. The molecule has 0 saturated heterocycles. The van der Waals surface area contributed by atoms with Crippen LogP contribution in [0.4, 0.5) is 0 Å². The zero-order chi connectivity index (χ0) is 24.0. The second-order valence-electron chi connectivity index (χ2n) is 8.84. The molecule has 5 nitrogen and oxygen atoms in total. The van der Waals surface area contributed by atoms with Gasteiger partial charge in [-0.3, -0.25) is 4.79 Å². The standard InChI is InChI=1S/C27H36O5/c1-7-10-19-15-21(28)32-27-22(19)25(30)20(14-13-17(5)12-9-11-16(3)4)26(31)23(27)24(29)18(6)8-2/h11,13,15,18,30-31H,7-10,12,14H2,1-6H3/t18-/m1/s1. The lowest BCUT2D eigenvalue weighted by Crippen LogP contribution is -2.14. The topological polar surface area (TPSA) is 87.7 Å². The third-order valence-electron chi connectivity index (χ3n) is 5.89. The van der Waals surface area contributed by atoms with Crippen molar-refractivity contribution in [3.63, 3.8) is 0 Å². The van der Waals surface area contributed by atoms with E-state index < -0.39 is 5.63 Å². The minimum Gasteiger partial charge on any atom is -0.507 e. The van der Waals surface area contributed by atoms with Crippen LogP contribution in [-0.2, 0) is 12.8 Å². The van der Waals surface area contributed by atoms with Gasteiger partial charge in [-0.15, -0.1) is 0 Å². The first-order valence-corrected chi connectivity index (χ1v) is 11.5. The number of hydrogen-bond donors (Lipinski definition) is 2. The molecule has 5 heteroatoms. The number of hydrogen-bond acceptors (Lipinski definition) is 5. The second kappa shape index (κ2) is 11.2. The van der Waals surface area contributed by atoms with E-state index in [0.29, 0.717) is 23.8 Å². The van der Waals surface area contributed by atoms with E-state index in [1.807, 2.05) is 26.8 Å². The average Bonchev–Trinajstić information content (AvgIpc) is 2.72. The zero-order valence-electron chi connectivity index (χ0n) is 20.2. The molecule has 2 N–H and O–H groups in total. The highest BCUT2D eigenvalue weighted by atomic mass is 16.4. The van der Waals surface area contributed by atoms with Crippen LogP contribution in [0.3, 0.4) is 0 Å². The maximum absolute atomic E-state index is 13.2. The minimum atomic E-state index is -0.597. The van der Waals surface area contributed by atoms with Gasteiger partial charge in [0.1, 0.15) is 17.1 Å². The van der Waals surface area contributed by atoms with E-state index in [0.717, 1.165) is 24.8 Å². The lowest BCUT2D eigenvalue weighted by atomic mass is 9.89. The molecule has 0 aliphatic heterocycles. The quantitative estimate of drug-likeness (QED) is 0.246. The van der Waals surface area contributed by atoms with Crippen molar-refractivity contribution >= 4 is 16.8 Å². The Morgan fingerprint density at radius 1 is 1.12 bits per heavy atom. The van der Waals surface area contributed by atoms with Crippen LogP contribution in [0.1, 0.15) is 88.7 Å². The smallest absolute Gasteiger partial charge is 0.336 e. The minimum absolute atomic E-state index is 0.00667. The molecule has 0 aliphatic rings. The molecule has 1 aromatic heterocycles. The van der Waals surface area contributed by atoms with E-state index in [-0.39, 0.29) is 46.3 Å². The third kappa shape index (κ3) is 5.70. The molecule has 0 radical (unpaired) electrons. The van der Waals surface area contributed by atoms with Gasteiger partial charge < -0.3 is 14.6 Å². The van der Waals surface area contributed by atoms with Gasteiger partial charge in [-0.25, -0.2) is 4.79 Å². The Labute approximate surface area is 190 Å². The van der Waals surface area contributed by atoms with Gasteiger partial charge in [0, 0.05) is 17.5 Å². The molecule has 2 aromatic rings. The van der Waals surface area contributed by atoms with Crippen molar-refractivity contribution in [3.05, 3.63) is 56.5 Å². The fraction of sp³-hybridized carbons (Fsp3) is 0.481. The van der Waals surface area contributed by atoms with Gasteiger partial charge in [-0.05, 0) is 58.4 Å². The number of Topliss-reactive ketones (excluding diaryl/α,β-unsaturated/α-hetero) is 1. The van der Waals surface area contributed by atoms with Gasteiger partial charge in [-0.1, -0.05) is 50.5 Å². The number of fused-ring (bicyclic) bond motifs is 1. The van der Waals surface area contributed by atoms with Gasteiger partial charge in [-0.2, -0.15) is 0 Å². The molecule has 0 fully saturated rings.